The number of halogens is 1. The Morgan fingerprint density at radius 1 is 1.69 bits per heavy atom. The molecule has 0 aliphatic carbocycles. The molecule has 0 aliphatic heterocycles. The van der Waals surface area contributed by atoms with E-state index in [4.69, 9.17) is 10.6 Å². The van der Waals surface area contributed by atoms with Crippen LogP contribution in [0.25, 0.3) is 0 Å². The number of nitrogens with zero attached hydrogens (tertiary/aromatic N) is 2. The predicted octanol–water partition coefficient (Wildman–Crippen LogP) is 1.36. The molecule has 1 rings (SSSR count). The Labute approximate surface area is 104 Å². The van der Waals surface area contributed by atoms with E-state index in [1.54, 1.807) is 13.3 Å². The van der Waals surface area contributed by atoms with Crippen LogP contribution in [-0.4, -0.2) is 23.5 Å². The molecule has 0 aromatic carbocycles. The van der Waals surface area contributed by atoms with Gasteiger partial charge in [0.15, 0.2) is 0 Å². The first-order valence-corrected chi connectivity index (χ1v) is 6.01. The van der Waals surface area contributed by atoms with Crippen LogP contribution in [-0.2, 0) is 11.8 Å². The van der Waals surface area contributed by atoms with Crippen molar-refractivity contribution >= 4 is 15.9 Å². The summed E-state index contributed by atoms with van der Waals surface area (Å²) in [5, 5.41) is 4.18. The topological polar surface area (TPSA) is 65.1 Å². The van der Waals surface area contributed by atoms with E-state index in [9.17, 15) is 0 Å². The normalized spacial score (nSPS) is 15.1. The van der Waals surface area contributed by atoms with E-state index in [-0.39, 0.29) is 6.04 Å². The maximum atomic E-state index is 5.59. The van der Waals surface area contributed by atoms with E-state index in [2.05, 4.69) is 33.4 Å². The third kappa shape index (κ3) is 3.28. The molecule has 16 heavy (non-hydrogen) atoms. The van der Waals surface area contributed by atoms with Crippen LogP contribution in [0.1, 0.15) is 25.1 Å². The molecule has 1 aromatic rings. The highest BCUT2D eigenvalue weighted by atomic mass is 79.9. The molecule has 0 bridgehead atoms. The number of methoxy groups -OCH3 is 1. The van der Waals surface area contributed by atoms with Crippen molar-refractivity contribution in [1.29, 1.82) is 0 Å². The Balaban J connectivity index is 2.74. The zero-order valence-corrected chi connectivity index (χ0v) is 11.5. The Kier molecular flexibility index (Phi) is 5.40. The fourth-order valence-corrected chi connectivity index (χ4v) is 2.45. The van der Waals surface area contributed by atoms with Crippen molar-refractivity contribution in [2.75, 3.05) is 13.7 Å². The van der Waals surface area contributed by atoms with Gasteiger partial charge in [0.1, 0.15) is 0 Å². The Bertz CT molecular complexity index is 309. The zero-order chi connectivity index (χ0) is 12.1. The van der Waals surface area contributed by atoms with Gasteiger partial charge < -0.3 is 4.74 Å². The smallest absolute Gasteiger partial charge is 0.0705 e. The second kappa shape index (κ2) is 6.34. The van der Waals surface area contributed by atoms with Gasteiger partial charge in [0.05, 0.1) is 22.4 Å². The van der Waals surface area contributed by atoms with E-state index in [1.807, 2.05) is 11.7 Å². The number of nitrogens with two attached hydrogens (primary N) is 1. The molecule has 0 radical (unpaired) electrons. The standard InChI is InChI=1S/C10H19BrN4O/c1-7(6-16-3)4-9(14-12)10-8(11)5-13-15(10)2/h5,7,9,14H,4,6,12H2,1-3H3. The number of hydrazine groups is 1. The molecule has 1 aromatic heterocycles. The first kappa shape index (κ1) is 13.6. The van der Waals surface area contributed by atoms with Crippen molar-refractivity contribution in [3.8, 4) is 0 Å². The molecule has 0 amide bonds. The van der Waals surface area contributed by atoms with Gasteiger partial charge in [0.25, 0.3) is 0 Å². The molecule has 0 saturated carbocycles. The van der Waals surface area contributed by atoms with Gasteiger partial charge in [-0.25, -0.2) is 0 Å². The number of aryl methyl sites for hydroxylation is 1. The fraction of sp³-hybridized carbons (Fsp3) is 0.700. The maximum absolute atomic E-state index is 5.59. The van der Waals surface area contributed by atoms with Crippen molar-refractivity contribution in [3.05, 3.63) is 16.4 Å². The maximum Gasteiger partial charge on any atom is 0.0705 e. The van der Waals surface area contributed by atoms with Crippen LogP contribution in [0.15, 0.2) is 10.7 Å². The number of hydrogen-bond acceptors (Lipinski definition) is 4. The van der Waals surface area contributed by atoms with Gasteiger partial charge in [-0.3, -0.25) is 16.0 Å². The molecule has 0 fully saturated rings. The van der Waals surface area contributed by atoms with Crippen LogP contribution in [0.4, 0.5) is 0 Å². The van der Waals surface area contributed by atoms with Gasteiger partial charge in [-0.2, -0.15) is 5.10 Å². The summed E-state index contributed by atoms with van der Waals surface area (Å²) in [6.45, 7) is 2.87. The number of nitrogens with one attached hydrogen (secondary N) is 1. The zero-order valence-electron chi connectivity index (χ0n) is 9.90. The molecular weight excluding hydrogens is 272 g/mol. The summed E-state index contributed by atoms with van der Waals surface area (Å²) >= 11 is 3.48. The van der Waals surface area contributed by atoms with E-state index < -0.39 is 0 Å². The van der Waals surface area contributed by atoms with Gasteiger partial charge in [-0.1, -0.05) is 6.92 Å². The Morgan fingerprint density at radius 3 is 2.81 bits per heavy atom. The van der Waals surface area contributed by atoms with E-state index in [0.717, 1.165) is 23.2 Å². The average Bonchev–Trinajstić information content (AvgIpc) is 2.56. The van der Waals surface area contributed by atoms with Gasteiger partial charge >= 0.3 is 0 Å². The lowest BCUT2D eigenvalue weighted by Crippen LogP contribution is -2.31. The lowest BCUT2D eigenvalue weighted by molar-refractivity contribution is 0.148. The monoisotopic (exact) mass is 290 g/mol. The minimum absolute atomic E-state index is 0.0759. The van der Waals surface area contributed by atoms with Crippen LogP contribution in [0, 0.1) is 5.92 Å². The SMILES string of the molecule is COCC(C)CC(NN)c1c(Br)cnn1C. The molecule has 5 nitrogen and oxygen atoms in total. The lowest BCUT2D eigenvalue weighted by Gasteiger charge is -2.20. The lowest BCUT2D eigenvalue weighted by atomic mass is 10.0. The van der Waals surface area contributed by atoms with Gasteiger partial charge in [0.2, 0.25) is 0 Å². The van der Waals surface area contributed by atoms with Crippen LogP contribution in [0.3, 0.4) is 0 Å². The summed E-state index contributed by atoms with van der Waals surface area (Å²) in [6, 6.07) is 0.0759. The molecule has 2 atom stereocenters. The van der Waals surface area contributed by atoms with Crippen molar-refractivity contribution < 1.29 is 4.74 Å². The van der Waals surface area contributed by atoms with Gasteiger partial charge in [-0.05, 0) is 28.3 Å². The van der Waals surface area contributed by atoms with E-state index in [0.29, 0.717) is 5.92 Å². The Morgan fingerprint density at radius 2 is 2.38 bits per heavy atom. The van der Waals surface area contributed by atoms with Crippen molar-refractivity contribution in [2.24, 2.45) is 18.8 Å². The molecule has 1 heterocycles. The van der Waals surface area contributed by atoms with Crippen molar-refractivity contribution in [3.63, 3.8) is 0 Å². The van der Waals surface area contributed by atoms with Crippen molar-refractivity contribution in [2.45, 2.75) is 19.4 Å². The van der Waals surface area contributed by atoms with Crippen LogP contribution in [0.5, 0.6) is 0 Å². The predicted molar refractivity (Wildman–Crippen MR) is 66.6 cm³/mol. The largest absolute Gasteiger partial charge is 0.384 e. The van der Waals surface area contributed by atoms with Crippen LogP contribution >= 0.6 is 15.9 Å². The highest BCUT2D eigenvalue weighted by Gasteiger charge is 2.19. The third-order valence-electron chi connectivity index (χ3n) is 2.56. The Hall–Kier alpha value is -0.430. The second-order valence-electron chi connectivity index (χ2n) is 4.02. The first-order valence-electron chi connectivity index (χ1n) is 5.22. The second-order valence-corrected chi connectivity index (χ2v) is 4.87. The van der Waals surface area contributed by atoms with E-state index in [1.165, 1.54) is 0 Å². The molecule has 6 heteroatoms. The molecule has 92 valence electrons. The number of ether oxygens (including phenoxy) is 1. The summed E-state index contributed by atoms with van der Waals surface area (Å²) in [7, 11) is 3.62. The molecule has 2 unspecified atom stereocenters. The van der Waals surface area contributed by atoms with E-state index >= 15 is 0 Å². The number of hydrogen-bond donors (Lipinski definition) is 2. The summed E-state index contributed by atoms with van der Waals surface area (Å²) in [5.41, 5.74) is 3.89. The molecular formula is C10H19BrN4O. The minimum atomic E-state index is 0.0759. The highest BCUT2D eigenvalue weighted by molar-refractivity contribution is 9.10. The molecule has 0 spiro atoms. The molecule has 3 N–H and O–H groups in total. The summed E-state index contributed by atoms with van der Waals surface area (Å²) in [4.78, 5) is 0. The third-order valence-corrected chi connectivity index (χ3v) is 3.17. The summed E-state index contributed by atoms with van der Waals surface area (Å²) in [6.07, 6.45) is 2.68. The molecule has 0 aliphatic rings. The van der Waals surface area contributed by atoms with Crippen molar-refractivity contribution in [1.82, 2.24) is 15.2 Å². The average molecular weight is 291 g/mol. The quantitative estimate of drug-likeness (QED) is 0.613. The van der Waals surface area contributed by atoms with Gasteiger partial charge in [0, 0.05) is 20.8 Å². The summed E-state index contributed by atoms with van der Waals surface area (Å²) in [5.74, 6) is 6.03. The summed E-state index contributed by atoms with van der Waals surface area (Å²) < 4.78 is 7.93. The fourth-order valence-electron chi connectivity index (χ4n) is 1.83. The number of rotatable bonds is 6. The minimum Gasteiger partial charge on any atom is -0.384 e. The highest BCUT2D eigenvalue weighted by Crippen LogP contribution is 2.26. The van der Waals surface area contributed by atoms with Gasteiger partial charge in [-0.15, -0.1) is 0 Å². The number of aromatic nitrogens is 2. The molecule has 0 saturated heterocycles. The van der Waals surface area contributed by atoms with Crippen LogP contribution < -0.4 is 11.3 Å². The van der Waals surface area contributed by atoms with Crippen LogP contribution in [0.2, 0.25) is 0 Å². The first-order chi connectivity index (χ1) is 7.60.